The minimum Gasteiger partial charge on any atom is -0.461 e. The Kier molecular flexibility index (Phi) is 3.73. The van der Waals surface area contributed by atoms with Crippen LogP contribution in [0.5, 0.6) is 0 Å². The molecule has 0 aliphatic carbocycles. The van der Waals surface area contributed by atoms with Crippen molar-refractivity contribution < 1.29 is 14.1 Å². The molecule has 2 aromatic heterocycles. The van der Waals surface area contributed by atoms with Gasteiger partial charge >= 0.3 is 5.97 Å². The van der Waals surface area contributed by atoms with E-state index in [1.54, 1.807) is 19.1 Å². The molecule has 2 heterocycles. The topological polar surface area (TPSA) is 68.1 Å². The van der Waals surface area contributed by atoms with Crippen molar-refractivity contribution in [3.8, 4) is 11.3 Å². The average molecular weight is 370 g/mol. The zero-order valence-corrected chi connectivity index (χ0v) is 13.3. The minimum absolute atomic E-state index is 0.289. The number of benzene rings is 1. The molecule has 21 heavy (non-hydrogen) atoms. The molecule has 108 valence electrons. The fourth-order valence-electron chi connectivity index (χ4n) is 2.15. The van der Waals surface area contributed by atoms with Gasteiger partial charge in [0.2, 0.25) is 0 Å². The molecule has 1 N–H and O–H groups in total. The van der Waals surface area contributed by atoms with Gasteiger partial charge in [0.15, 0.2) is 0 Å². The molecule has 7 heteroatoms. The lowest BCUT2D eigenvalue weighted by atomic mass is 10.1. The molecule has 0 saturated heterocycles. The molecule has 0 radical (unpaired) electrons. The molecule has 5 nitrogen and oxygen atoms in total. The number of rotatable bonds is 3. The standard InChI is InChI=1S/C14H10BrClN2O3/c1-2-20-14(19)13-12(10-3-4-21-18-10)7-5-9(16)8(15)6-11(7)17-13/h3-6,17H,2H2,1H3. The largest absolute Gasteiger partial charge is 0.461 e. The van der Waals surface area contributed by atoms with E-state index in [1.165, 1.54) is 6.26 Å². The van der Waals surface area contributed by atoms with E-state index in [2.05, 4.69) is 26.1 Å². The molecule has 3 aromatic rings. The quantitative estimate of drug-likeness (QED) is 0.694. The molecular formula is C14H10BrClN2O3. The maximum Gasteiger partial charge on any atom is 0.355 e. The number of aromatic amines is 1. The number of nitrogens with one attached hydrogen (secondary N) is 1. The predicted molar refractivity (Wildman–Crippen MR) is 82.5 cm³/mol. The van der Waals surface area contributed by atoms with Crippen LogP contribution in [-0.4, -0.2) is 22.7 Å². The Morgan fingerprint density at radius 3 is 3.00 bits per heavy atom. The second-order valence-electron chi connectivity index (χ2n) is 4.29. The van der Waals surface area contributed by atoms with E-state index in [0.29, 0.717) is 22.0 Å². The molecule has 3 rings (SSSR count). The lowest BCUT2D eigenvalue weighted by Crippen LogP contribution is -2.06. The van der Waals surface area contributed by atoms with Crippen molar-refractivity contribution in [2.75, 3.05) is 6.61 Å². The molecule has 0 aliphatic rings. The average Bonchev–Trinajstić information content (AvgIpc) is 3.06. The fourth-order valence-corrected chi connectivity index (χ4v) is 2.66. The molecular weight excluding hydrogens is 360 g/mol. The Morgan fingerprint density at radius 1 is 1.52 bits per heavy atom. The molecule has 0 aliphatic heterocycles. The molecule has 0 spiro atoms. The van der Waals surface area contributed by atoms with Gasteiger partial charge in [-0.15, -0.1) is 0 Å². The third-order valence-electron chi connectivity index (χ3n) is 3.01. The zero-order valence-electron chi connectivity index (χ0n) is 10.9. The lowest BCUT2D eigenvalue weighted by Gasteiger charge is -2.01. The molecule has 0 unspecified atom stereocenters. The normalized spacial score (nSPS) is 11.0. The summed E-state index contributed by atoms with van der Waals surface area (Å²) in [5.74, 6) is -0.445. The van der Waals surface area contributed by atoms with Crippen LogP contribution < -0.4 is 0 Å². The van der Waals surface area contributed by atoms with E-state index in [9.17, 15) is 4.79 Å². The van der Waals surface area contributed by atoms with E-state index < -0.39 is 5.97 Å². The van der Waals surface area contributed by atoms with Crippen LogP contribution in [0, 0.1) is 0 Å². The Balaban J connectivity index is 2.31. The van der Waals surface area contributed by atoms with E-state index in [-0.39, 0.29) is 6.61 Å². The highest BCUT2D eigenvalue weighted by Crippen LogP contribution is 2.36. The first-order valence-electron chi connectivity index (χ1n) is 6.20. The van der Waals surface area contributed by atoms with Crippen molar-refractivity contribution >= 4 is 44.4 Å². The maximum atomic E-state index is 12.1. The third-order valence-corrected chi connectivity index (χ3v) is 4.21. The first-order chi connectivity index (χ1) is 10.1. The third kappa shape index (κ3) is 2.45. The number of esters is 1. The van der Waals surface area contributed by atoms with Crippen LogP contribution in [0.2, 0.25) is 5.02 Å². The van der Waals surface area contributed by atoms with Gasteiger partial charge in [0.05, 0.1) is 11.6 Å². The van der Waals surface area contributed by atoms with Gasteiger partial charge in [-0.2, -0.15) is 0 Å². The van der Waals surface area contributed by atoms with Crippen LogP contribution in [0.15, 0.2) is 33.5 Å². The first kappa shape index (κ1) is 14.2. The minimum atomic E-state index is -0.445. The summed E-state index contributed by atoms with van der Waals surface area (Å²) < 4.78 is 10.7. The van der Waals surface area contributed by atoms with Gasteiger partial charge in [-0.1, -0.05) is 16.8 Å². The summed E-state index contributed by atoms with van der Waals surface area (Å²) in [4.78, 5) is 15.2. The van der Waals surface area contributed by atoms with Gasteiger partial charge < -0.3 is 14.2 Å². The monoisotopic (exact) mass is 368 g/mol. The number of carbonyl (C=O) groups is 1. The highest BCUT2D eigenvalue weighted by atomic mass is 79.9. The maximum absolute atomic E-state index is 12.1. The van der Waals surface area contributed by atoms with Crippen molar-refractivity contribution in [3.05, 3.63) is 39.7 Å². The van der Waals surface area contributed by atoms with Crippen LogP contribution >= 0.6 is 27.5 Å². The predicted octanol–water partition coefficient (Wildman–Crippen LogP) is 4.42. The van der Waals surface area contributed by atoms with Gasteiger partial charge in [0.1, 0.15) is 17.7 Å². The lowest BCUT2D eigenvalue weighted by molar-refractivity contribution is 0.0521. The molecule has 0 atom stereocenters. The summed E-state index contributed by atoms with van der Waals surface area (Å²) in [5.41, 5.74) is 2.25. The Bertz CT molecular complexity index is 811. The van der Waals surface area contributed by atoms with Gasteiger partial charge in [0, 0.05) is 27.0 Å². The summed E-state index contributed by atoms with van der Waals surface area (Å²) in [6.07, 6.45) is 1.45. The Labute approximate surface area is 133 Å². The summed E-state index contributed by atoms with van der Waals surface area (Å²) in [5, 5.41) is 5.23. The van der Waals surface area contributed by atoms with E-state index in [1.807, 2.05) is 6.07 Å². The van der Waals surface area contributed by atoms with Crippen molar-refractivity contribution in [1.29, 1.82) is 0 Å². The number of halogens is 2. The zero-order chi connectivity index (χ0) is 15.0. The van der Waals surface area contributed by atoms with Crippen LogP contribution in [-0.2, 0) is 4.74 Å². The molecule has 0 amide bonds. The summed E-state index contributed by atoms with van der Waals surface area (Å²) >= 11 is 9.51. The second-order valence-corrected chi connectivity index (χ2v) is 5.55. The number of hydrogen-bond donors (Lipinski definition) is 1. The number of hydrogen-bond acceptors (Lipinski definition) is 4. The number of aromatic nitrogens is 2. The van der Waals surface area contributed by atoms with Gasteiger partial charge in [-0.25, -0.2) is 4.79 Å². The summed E-state index contributed by atoms with van der Waals surface area (Å²) in [6.45, 7) is 2.04. The highest BCUT2D eigenvalue weighted by molar-refractivity contribution is 9.10. The number of H-pyrrole nitrogens is 1. The van der Waals surface area contributed by atoms with Crippen LogP contribution in [0.4, 0.5) is 0 Å². The van der Waals surface area contributed by atoms with Crippen molar-refractivity contribution in [2.24, 2.45) is 0 Å². The van der Waals surface area contributed by atoms with Crippen LogP contribution in [0.1, 0.15) is 17.4 Å². The van der Waals surface area contributed by atoms with Crippen molar-refractivity contribution in [3.63, 3.8) is 0 Å². The van der Waals surface area contributed by atoms with Crippen molar-refractivity contribution in [2.45, 2.75) is 6.92 Å². The molecule has 1 aromatic carbocycles. The Morgan fingerprint density at radius 2 is 2.33 bits per heavy atom. The van der Waals surface area contributed by atoms with Crippen LogP contribution in [0.3, 0.4) is 0 Å². The number of carbonyl (C=O) groups excluding carboxylic acids is 1. The van der Waals surface area contributed by atoms with Gasteiger partial charge in [-0.3, -0.25) is 0 Å². The molecule has 0 fully saturated rings. The fraction of sp³-hybridized carbons (Fsp3) is 0.143. The summed E-state index contributed by atoms with van der Waals surface area (Å²) in [7, 11) is 0. The van der Waals surface area contributed by atoms with E-state index in [0.717, 1.165) is 15.4 Å². The Hall–Kier alpha value is -1.79. The number of fused-ring (bicyclic) bond motifs is 1. The smallest absolute Gasteiger partial charge is 0.355 e. The highest BCUT2D eigenvalue weighted by Gasteiger charge is 2.22. The molecule has 0 saturated carbocycles. The van der Waals surface area contributed by atoms with E-state index in [4.69, 9.17) is 20.9 Å². The van der Waals surface area contributed by atoms with Crippen LogP contribution in [0.25, 0.3) is 22.2 Å². The van der Waals surface area contributed by atoms with Gasteiger partial charge in [0.25, 0.3) is 0 Å². The number of ether oxygens (including phenoxy) is 1. The van der Waals surface area contributed by atoms with E-state index >= 15 is 0 Å². The molecule has 0 bridgehead atoms. The SMILES string of the molecule is CCOC(=O)c1[nH]c2cc(Br)c(Cl)cc2c1-c1ccon1. The number of nitrogens with zero attached hydrogens (tertiary/aromatic N) is 1. The summed E-state index contributed by atoms with van der Waals surface area (Å²) in [6, 6.07) is 5.26. The van der Waals surface area contributed by atoms with Gasteiger partial charge in [-0.05, 0) is 35.0 Å². The first-order valence-corrected chi connectivity index (χ1v) is 7.37. The van der Waals surface area contributed by atoms with Crippen molar-refractivity contribution in [1.82, 2.24) is 10.1 Å². The second kappa shape index (κ2) is 5.54.